The van der Waals surface area contributed by atoms with Crippen LogP contribution in [0.15, 0.2) is 72.8 Å². The number of aliphatic hydroxyl groups is 1. The van der Waals surface area contributed by atoms with Crippen molar-refractivity contribution in [2.75, 3.05) is 6.61 Å². The molecule has 2 N–H and O–H groups in total. The first kappa shape index (κ1) is 21.0. The van der Waals surface area contributed by atoms with Crippen molar-refractivity contribution in [1.29, 1.82) is 0 Å². The van der Waals surface area contributed by atoms with Crippen LogP contribution < -0.4 is 4.74 Å². The summed E-state index contributed by atoms with van der Waals surface area (Å²) < 4.78 is 5.49. The number of pyridine rings is 2. The van der Waals surface area contributed by atoms with E-state index in [9.17, 15) is 19.8 Å². The summed E-state index contributed by atoms with van der Waals surface area (Å²) in [6, 6.07) is 10.4. The molecule has 3 aromatic rings. The highest BCUT2D eigenvalue weighted by atomic mass is 16.5. The fourth-order valence-corrected chi connectivity index (χ4v) is 3.72. The van der Waals surface area contributed by atoms with Gasteiger partial charge in [-0.2, -0.15) is 0 Å². The molecule has 0 saturated carbocycles. The number of hydrogen-bond acceptors (Lipinski definition) is 7. The minimum absolute atomic E-state index is 0.0433. The van der Waals surface area contributed by atoms with Gasteiger partial charge in [-0.25, -0.2) is 0 Å². The number of likely N-dealkylation sites (tertiary alicyclic amines) is 1. The van der Waals surface area contributed by atoms with Gasteiger partial charge < -0.3 is 19.8 Å². The molecule has 3 heterocycles. The van der Waals surface area contributed by atoms with Gasteiger partial charge in [-0.1, -0.05) is 12.1 Å². The number of amides is 1. The molecule has 0 radical (unpaired) electrons. The predicted molar refractivity (Wildman–Crippen MR) is 116 cm³/mol. The van der Waals surface area contributed by atoms with E-state index in [2.05, 4.69) is 9.97 Å². The normalized spacial score (nSPS) is 17.5. The van der Waals surface area contributed by atoms with Gasteiger partial charge in [0.1, 0.15) is 5.76 Å². The molecule has 1 aromatic carbocycles. The van der Waals surface area contributed by atoms with Crippen molar-refractivity contribution in [3.8, 4) is 11.5 Å². The zero-order valence-corrected chi connectivity index (χ0v) is 17.3. The lowest BCUT2D eigenvalue weighted by molar-refractivity contribution is -0.140. The second-order valence-corrected chi connectivity index (χ2v) is 7.18. The number of ketones is 1. The van der Waals surface area contributed by atoms with Crippen LogP contribution >= 0.6 is 0 Å². The van der Waals surface area contributed by atoms with E-state index in [4.69, 9.17) is 4.74 Å². The summed E-state index contributed by atoms with van der Waals surface area (Å²) in [5.41, 5.74) is 1.57. The first-order valence-electron chi connectivity index (χ1n) is 10.0. The second-order valence-electron chi connectivity index (χ2n) is 7.18. The Morgan fingerprint density at radius 1 is 1.09 bits per heavy atom. The molecule has 4 rings (SSSR count). The molecule has 1 aliphatic rings. The van der Waals surface area contributed by atoms with E-state index in [1.807, 2.05) is 0 Å². The Morgan fingerprint density at radius 3 is 2.56 bits per heavy atom. The van der Waals surface area contributed by atoms with Gasteiger partial charge in [0.25, 0.3) is 11.7 Å². The molecule has 1 fully saturated rings. The van der Waals surface area contributed by atoms with Gasteiger partial charge >= 0.3 is 0 Å². The number of hydrogen-bond donors (Lipinski definition) is 2. The van der Waals surface area contributed by atoms with Crippen molar-refractivity contribution in [1.82, 2.24) is 14.9 Å². The Morgan fingerprint density at radius 2 is 1.88 bits per heavy atom. The number of aromatic nitrogens is 2. The Kier molecular flexibility index (Phi) is 5.85. The van der Waals surface area contributed by atoms with Crippen LogP contribution in [-0.4, -0.2) is 43.4 Å². The van der Waals surface area contributed by atoms with Crippen LogP contribution in [0.1, 0.15) is 29.7 Å². The van der Waals surface area contributed by atoms with E-state index in [1.165, 1.54) is 23.4 Å². The van der Waals surface area contributed by atoms with Crippen molar-refractivity contribution in [3.05, 3.63) is 89.5 Å². The van der Waals surface area contributed by atoms with Crippen LogP contribution in [0.4, 0.5) is 0 Å². The number of carbonyl (C=O) groups excluding carboxylic acids is 2. The van der Waals surface area contributed by atoms with Crippen LogP contribution in [-0.2, 0) is 16.1 Å². The van der Waals surface area contributed by atoms with Crippen LogP contribution in [0, 0.1) is 0 Å². The summed E-state index contributed by atoms with van der Waals surface area (Å²) in [6.07, 6.45) is 6.21. The Bertz CT molecular complexity index is 1180. The molecule has 2 aromatic heterocycles. The van der Waals surface area contributed by atoms with Crippen molar-refractivity contribution >= 4 is 17.4 Å². The van der Waals surface area contributed by atoms with E-state index in [1.54, 1.807) is 55.7 Å². The first-order chi connectivity index (χ1) is 15.5. The van der Waals surface area contributed by atoms with E-state index < -0.39 is 17.7 Å². The maximum atomic E-state index is 13.1. The second kappa shape index (κ2) is 8.89. The maximum absolute atomic E-state index is 13.1. The smallest absolute Gasteiger partial charge is 0.295 e. The number of rotatable bonds is 6. The molecule has 8 heteroatoms. The summed E-state index contributed by atoms with van der Waals surface area (Å²) in [7, 11) is 0. The number of phenols is 1. The molecule has 0 spiro atoms. The first-order valence-corrected chi connectivity index (χ1v) is 10.0. The monoisotopic (exact) mass is 431 g/mol. The van der Waals surface area contributed by atoms with Crippen molar-refractivity contribution in [2.24, 2.45) is 0 Å². The number of carbonyl (C=O) groups is 2. The zero-order chi connectivity index (χ0) is 22.7. The standard InChI is InChI=1S/C24H21N3O5/c1-2-32-19-12-17(5-6-18(19)28)21-20(22(29)16-7-10-25-11-8-16)23(30)24(31)27(21)14-15-4-3-9-26-13-15/h3-13,21,28-29H,2,14H2,1H3. The van der Waals surface area contributed by atoms with E-state index in [0.29, 0.717) is 17.7 Å². The number of aromatic hydroxyl groups is 1. The van der Waals surface area contributed by atoms with Crippen molar-refractivity contribution < 1.29 is 24.5 Å². The highest BCUT2D eigenvalue weighted by molar-refractivity contribution is 6.46. The summed E-state index contributed by atoms with van der Waals surface area (Å²) >= 11 is 0. The maximum Gasteiger partial charge on any atom is 0.295 e. The number of aliphatic hydroxyl groups excluding tert-OH is 1. The molecule has 8 nitrogen and oxygen atoms in total. The molecular formula is C24H21N3O5. The highest BCUT2D eigenvalue weighted by Gasteiger charge is 2.46. The highest BCUT2D eigenvalue weighted by Crippen LogP contribution is 2.42. The Hall–Kier alpha value is -4.20. The molecule has 1 amide bonds. The third kappa shape index (κ3) is 3.90. The summed E-state index contributed by atoms with van der Waals surface area (Å²) in [5.74, 6) is -1.66. The van der Waals surface area contributed by atoms with E-state index in [-0.39, 0.29) is 29.4 Å². The number of benzene rings is 1. The third-order valence-electron chi connectivity index (χ3n) is 5.17. The van der Waals surface area contributed by atoms with Crippen molar-refractivity contribution in [2.45, 2.75) is 19.5 Å². The van der Waals surface area contributed by atoms with E-state index in [0.717, 1.165) is 5.56 Å². The summed E-state index contributed by atoms with van der Waals surface area (Å²) in [4.78, 5) is 35.5. The van der Waals surface area contributed by atoms with Gasteiger partial charge in [-0.15, -0.1) is 0 Å². The fraction of sp³-hybridized carbons (Fsp3) is 0.167. The summed E-state index contributed by atoms with van der Waals surface area (Å²) in [5, 5.41) is 21.1. The molecule has 1 atom stereocenters. The number of Topliss-reactive ketones (excluding diaryl/α,β-unsaturated/α-hetero) is 1. The van der Waals surface area contributed by atoms with Crippen LogP contribution in [0.3, 0.4) is 0 Å². The minimum Gasteiger partial charge on any atom is -0.507 e. The van der Waals surface area contributed by atoms with Gasteiger partial charge in [0, 0.05) is 36.9 Å². The SMILES string of the molecule is CCOc1cc(C2C(=C(O)c3ccncc3)C(=O)C(=O)N2Cc2cccnc2)ccc1O. The molecule has 32 heavy (non-hydrogen) atoms. The molecule has 1 unspecified atom stereocenters. The lowest BCUT2D eigenvalue weighted by Crippen LogP contribution is -2.29. The molecule has 162 valence electrons. The largest absolute Gasteiger partial charge is 0.507 e. The van der Waals surface area contributed by atoms with Gasteiger partial charge in [0.05, 0.1) is 18.2 Å². The molecular weight excluding hydrogens is 410 g/mol. The van der Waals surface area contributed by atoms with Gasteiger partial charge in [0.2, 0.25) is 0 Å². The minimum atomic E-state index is -0.886. The predicted octanol–water partition coefficient (Wildman–Crippen LogP) is 3.20. The van der Waals surface area contributed by atoms with Crippen LogP contribution in [0.25, 0.3) is 5.76 Å². The van der Waals surface area contributed by atoms with Crippen LogP contribution in [0.2, 0.25) is 0 Å². The zero-order valence-electron chi connectivity index (χ0n) is 17.3. The summed E-state index contributed by atoms with van der Waals surface area (Å²) in [6.45, 7) is 2.22. The molecule has 0 aliphatic carbocycles. The molecule has 1 aliphatic heterocycles. The fourth-order valence-electron chi connectivity index (χ4n) is 3.72. The van der Waals surface area contributed by atoms with Gasteiger partial charge in [0.15, 0.2) is 11.5 Å². The average molecular weight is 431 g/mol. The topological polar surface area (TPSA) is 113 Å². The Labute approximate surface area is 184 Å². The third-order valence-corrected chi connectivity index (χ3v) is 5.17. The quantitative estimate of drug-likeness (QED) is 0.350. The van der Waals surface area contributed by atoms with E-state index >= 15 is 0 Å². The van der Waals surface area contributed by atoms with Gasteiger partial charge in [-0.05, 0) is 48.4 Å². The number of phenolic OH excluding ortho intramolecular Hbond substituents is 1. The molecule has 1 saturated heterocycles. The number of ether oxygens (including phenoxy) is 1. The Balaban J connectivity index is 1.88. The van der Waals surface area contributed by atoms with Crippen molar-refractivity contribution in [3.63, 3.8) is 0 Å². The number of nitrogens with zero attached hydrogens (tertiary/aromatic N) is 3. The average Bonchev–Trinajstić information content (AvgIpc) is 3.06. The lowest BCUT2D eigenvalue weighted by atomic mass is 9.95. The lowest BCUT2D eigenvalue weighted by Gasteiger charge is -2.26. The van der Waals surface area contributed by atoms with Gasteiger partial charge in [-0.3, -0.25) is 19.6 Å². The van der Waals surface area contributed by atoms with Crippen LogP contribution in [0.5, 0.6) is 11.5 Å². The molecule has 0 bridgehead atoms.